The molecule has 0 aliphatic rings. The molecule has 2 aromatic rings. The minimum atomic E-state index is 0.491. The maximum absolute atomic E-state index is 5.74. The second kappa shape index (κ2) is 8.08. The summed E-state index contributed by atoms with van der Waals surface area (Å²) in [6, 6.07) is 18.8. The van der Waals surface area contributed by atoms with E-state index in [4.69, 9.17) is 18.0 Å². The molecule has 0 aromatic heterocycles. The Morgan fingerprint density at radius 1 is 1.00 bits per heavy atom. The Morgan fingerprint density at radius 2 is 1.70 bits per heavy atom. The molecule has 2 N–H and O–H groups in total. The first-order valence-electron chi connectivity index (χ1n) is 6.77. The van der Waals surface area contributed by atoms with E-state index in [0.29, 0.717) is 4.99 Å². The highest BCUT2D eigenvalue weighted by Gasteiger charge is 2.03. The van der Waals surface area contributed by atoms with Crippen LogP contribution in [0.4, 0.5) is 0 Å². The Hall–Kier alpha value is -1.32. The van der Waals surface area contributed by atoms with Crippen molar-refractivity contribution < 1.29 is 0 Å². The summed E-state index contributed by atoms with van der Waals surface area (Å²) in [6.45, 7) is 0. The third kappa shape index (κ3) is 4.66. The maximum atomic E-state index is 5.74. The van der Waals surface area contributed by atoms with Crippen LogP contribution in [0.1, 0.15) is 23.1 Å². The van der Waals surface area contributed by atoms with Crippen LogP contribution < -0.4 is 5.73 Å². The molecule has 0 saturated carbocycles. The van der Waals surface area contributed by atoms with Gasteiger partial charge >= 0.3 is 0 Å². The van der Waals surface area contributed by atoms with Crippen LogP contribution in [0.15, 0.2) is 54.6 Å². The van der Waals surface area contributed by atoms with E-state index < -0.39 is 0 Å². The van der Waals surface area contributed by atoms with Crippen LogP contribution >= 0.6 is 24.0 Å². The zero-order chi connectivity index (χ0) is 14.2. The van der Waals surface area contributed by atoms with Crippen molar-refractivity contribution >= 4 is 29.0 Å². The lowest BCUT2D eigenvalue weighted by atomic mass is 10.1. The molecule has 0 heterocycles. The summed E-state index contributed by atoms with van der Waals surface area (Å²) < 4.78 is 0. The van der Waals surface area contributed by atoms with Crippen LogP contribution in [0.2, 0.25) is 0 Å². The Kier molecular flexibility index (Phi) is 6.09. The van der Waals surface area contributed by atoms with Gasteiger partial charge in [-0.15, -0.1) is 0 Å². The molecule has 20 heavy (non-hydrogen) atoms. The summed E-state index contributed by atoms with van der Waals surface area (Å²) in [5.74, 6) is 2.13. The molecular weight excluding hydrogens is 282 g/mol. The van der Waals surface area contributed by atoms with Crippen LogP contribution in [0, 0.1) is 0 Å². The third-order valence-electron chi connectivity index (χ3n) is 3.14. The summed E-state index contributed by atoms with van der Waals surface area (Å²) in [6.07, 6.45) is 2.34. The topological polar surface area (TPSA) is 26.0 Å². The largest absolute Gasteiger partial charge is 0.389 e. The van der Waals surface area contributed by atoms with Gasteiger partial charge < -0.3 is 5.73 Å². The molecule has 0 spiro atoms. The standard InChI is InChI=1S/C17H19NS2/c18-17(19)16-11-5-4-10-15(16)13-20-12-6-9-14-7-2-1-3-8-14/h1-5,7-8,10-11H,6,9,12-13H2,(H2,18,19). The number of hydrogen-bond acceptors (Lipinski definition) is 2. The van der Waals surface area contributed by atoms with Crippen molar-refractivity contribution in [3.05, 3.63) is 71.3 Å². The molecule has 0 saturated heterocycles. The lowest BCUT2D eigenvalue weighted by Crippen LogP contribution is -2.11. The Bertz CT molecular complexity index is 552. The van der Waals surface area contributed by atoms with Gasteiger partial charge in [-0.05, 0) is 29.7 Å². The van der Waals surface area contributed by atoms with E-state index in [1.165, 1.54) is 17.5 Å². The van der Waals surface area contributed by atoms with Crippen molar-refractivity contribution in [1.82, 2.24) is 0 Å². The highest BCUT2D eigenvalue weighted by Crippen LogP contribution is 2.18. The Balaban J connectivity index is 1.75. The van der Waals surface area contributed by atoms with Gasteiger partial charge in [-0.3, -0.25) is 0 Å². The maximum Gasteiger partial charge on any atom is 0.104 e. The molecule has 104 valence electrons. The monoisotopic (exact) mass is 301 g/mol. The van der Waals surface area contributed by atoms with E-state index >= 15 is 0 Å². The summed E-state index contributed by atoms with van der Waals surface area (Å²) in [4.78, 5) is 0.491. The van der Waals surface area contributed by atoms with Crippen LogP contribution in [0.25, 0.3) is 0 Å². The number of aryl methyl sites for hydroxylation is 1. The van der Waals surface area contributed by atoms with Gasteiger partial charge in [0.2, 0.25) is 0 Å². The molecule has 2 rings (SSSR count). The first kappa shape index (κ1) is 15.1. The zero-order valence-corrected chi connectivity index (χ0v) is 13.1. The van der Waals surface area contributed by atoms with E-state index in [-0.39, 0.29) is 0 Å². The molecule has 1 nitrogen and oxygen atoms in total. The summed E-state index contributed by atoms with van der Waals surface area (Å²) in [5, 5.41) is 0. The first-order valence-corrected chi connectivity index (χ1v) is 8.33. The molecule has 0 radical (unpaired) electrons. The molecule has 0 aliphatic carbocycles. The van der Waals surface area contributed by atoms with E-state index in [9.17, 15) is 0 Å². The number of thiocarbonyl (C=S) groups is 1. The normalized spacial score (nSPS) is 10.4. The Morgan fingerprint density at radius 3 is 2.45 bits per heavy atom. The van der Waals surface area contributed by atoms with Crippen molar-refractivity contribution in [3.63, 3.8) is 0 Å². The lowest BCUT2D eigenvalue weighted by Gasteiger charge is -2.07. The van der Waals surface area contributed by atoms with Gasteiger partial charge in [0.05, 0.1) is 0 Å². The van der Waals surface area contributed by atoms with Gasteiger partial charge in [-0.1, -0.05) is 66.8 Å². The lowest BCUT2D eigenvalue weighted by molar-refractivity contribution is 0.933. The van der Waals surface area contributed by atoms with Crippen LogP contribution in [-0.2, 0) is 12.2 Å². The smallest absolute Gasteiger partial charge is 0.104 e. The molecule has 0 amide bonds. The van der Waals surface area contributed by atoms with Gasteiger partial charge in [-0.2, -0.15) is 11.8 Å². The minimum Gasteiger partial charge on any atom is -0.389 e. The fraction of sp³-hybridized carbons (Fsp3) is 0.235. The van der Waals surface area contributed by atoms with E-state index in [2.05, 4.69) is 36.4 Å². The Labute approximate surface area is 130 Å². The molecule has 0 unspecified atom stereocenters. The molecule has 3 heteroatoms. The van der Waals surface area contributed by atoms with Crippen molar-refractivity contribution in [3.8, 4) is 0 Å². The average Bonchev–Trinajstić information content (AvgIpc) is 2.48. The molecule has 2 aromatic carbocycles. The van der Waals surface area contributed by atoms with Crippen molar-refractivity contribution in [2.24, 2.45) is 5.73 Å². The summed E-state index contributed by atoms with van der Waals surface area (Å²) in [7, 11) is 0. The van der Waals surface area contributed by atoms with Gasteiger partial charge in [0.15, 0.2) is 0 Å². The molecule has 0 atom stereocenters. The number of rotatable bonds is 7. The molecule has 0 aliphatic heterocycles. The summed E-state index contributed by atoms with van der Waals surface area (Å²) >= 11 is 7.03. The second-order valence-electron chi connectivity index (χ2n) is 4.66. The molecule has 0 fully saturated rings. The minimum absolute atomic E-state index is 0.491. The number of benzene rings is 2. The van der Waals surface area contributed by atoms with Crippen LogP contribution in [-0.4, -0.2) is 10.7 Å². The third-order valence-corrected chi connectivity index (χ3v) is 4.45. The van der Waals surface area contributed by atoms with Crippen LogP contribution in [0.5, 0.6) is 0 Å². The van der Waals surface area contributed by atoms with Gasteiger partial charge in [0.25, 0.3) is 0 Å². The summed E-state index contributed by atoms with van der Waals surface area (Å²) in [5.41, 5.74) is 9.41. The van der Waals surface area contributed by atoms with Gasteiger partial charge in [-0.25, -0.2) is 0 Å². The number of thioether (sulfide) groups is 1. The quantitative estimate of drug-likeness (QED) is 0.613. The number of hydrogen-bond donors (Lipinski definition) is 1. The van der Waals surface area contributed by atoms with E-state index in [0.717, 1.165) is 23.5 Å². The van der Waals surface area contributed by atoms with Crippen molar-refractivity contribution in [1.29, 1.82) is 0 Å². The predicted molar refractivity (Wildman–Crippen MR) is 93.3 cm³/mol. The van der Waals surface area contributed by atoms with Crippen LogP contribution in [0.3, 0.4) is 0 Å². The average molecular weight is 301 g/mol. The highest BCUT2D eigenvalue weighted by molar-refractivity contribution is 7.98. The highest BCUT2D eigenvalue weighted by atomic mass is 32.2. The predicted octanol–water partition coefficient (Wildman–Crippen LogP) is 4.19. The zero-order valence-electron chi connectivity index (χ0n) is 11.4. The molecular formula is C17H19NS2. The second-order valence-corrected chi connectivity index (χ2v) is 6.21. The van der Waals surface area contributed by atoms with Crippen molar-refractivity contribution in [2.75, 3.05) is 5.75 Å². The van der Waals surface area contributed by atoms with E-state index in [1.54, 1.807) is 0 Å². The molecule has 0 bridgehead atoms. The van der Waals surface area contributed by atoms with Gasteiger partial charge in [0, 0.05) is 11.3 Å². The fourth-order valence-corrected chi connectivity index (χ4v) is 3.26. The fourth-order valence-electron chi connectivity index (χ4n) is 2.09. The SMILES string of the molecule is NC(=S)c1ccccc1CSCCCc1ccccc1. The number of nitrogens with two attached hydrogens (primary N) is 1. The first-order chi connectivity index (χ1) is 9.77. The van der Waals surface area contributed by atoms with Gasteiger partial charge in [0.1, 0.15) is 4.99 Å². The van der Waals surface area contributed by atoms with E-state index in [1.807, 2.05) is 30.0 Å². The van der Waals surface area contributed by atoms with Crippen molar-refractivity contribution in [2.45, 2.75) is 18.6 Å².